The smallest absolute Gasteiger partial charge is 0.325 e. The molecule has 0 aliphatic rings. The first-order valence-corrected chi connectivity index (χ1v) is 11.0. The van der Waals surface area contributed by atoms with E-state index in [-0.39, 0.29) is 29.0 Å². The fraction of sp³-hybridized carbons (Fsp3) is 0.520. The van der Waals surface area contributed by atoms with Crippen molar-refractivity contribution in [2.24, 2.45) is 0 Å². The monoisotopic (exact) mass is 431 g/mol. The molecule has 0 aliphatic carbocycles. The molecule has 0 heterocycles. The maximum Gasteiger partial charge on any atom is 0.325 e. The first kappa shape index (κ1) is 26.3. The summed E-state index contributed by atoms with van der Waals surface area (Å²) in [6, 6.07) is 0.432. The van der Waals surface area contributed by atoms with E-state index in [1.54, 1.807) is 0 Å². The van der Waals surface area contributed by atoms with Gasteiger partial charge in [-0.1, -0.05) is 43.1 Å². The van der Waals surface area contributed by atoms with Crippen LogP contribution in [0.25, 0.3) is 0 Å². The molecule has 1 rings (SSSR count). The molecule has 0 saturated carbocycles. The van der Waals surface area contributed by atoms with Crippen molar-refractivity contribution in [3.05, 3.63) is 46.1 Å². The number of carbonyl (C=O) groups is 2. The molecule has 0 spiro atoms. The van der Waals surface area contributed by atoms with Crippen LogP contribution in [-0.4, -0.2) is 33.2 Å². The van der Waals surface area contributed by atoms with Gasteiger partial charge in [-0.05, 0) is 71.4 Å². The number of aromatic hydroxyl groups is 2. The number of phenols is 2. The molecule has 1 aromatic carbocycles. The van der Waals surface area contributed by atoms with Gasteiger partial charge in [0.2, 0.25) is 0 Å². The number of amides is 1. The molecule has 1 atom stereocenters. The maximum atomic E-state index is 12.8. The predicted octanol–water partition coefficient (Wildman–Crippen LogP) is 5.27. The van der Waals surface area contributed by atoms with Gasteiger partial charge < -0.3 is 20.6 Å². The van der Waals surface area contributed by atoms with Crippen LogP contribution in [0.2, 0.25) is 0 Å². The average Bonchev–Trinajstić information content (AvgIpc) is 2.67. The Morgan fingerprint density at radius 3 is 2.39 bits per heavy atom. The van der Waals surface area contributed by atoms with Crippen LogP contribution in [0.1, 0.15) is 88.2 Å². The zero-order valence-electron chi connectivity index (χ0n) is 19.4. The number of hydrogen-bond acceptors (Lipinski definition) is 4. The van der Waals surface area contributed by atoms with E-state index >= 15 is 0 Å². The highest BCUT2D eigenvalue weighted by atomic mass is 16.4. The molecule has 31 heavy (non-hydrogen) atoms. The Labute approximate surface area is 185 Å². The topological polar surface area (TPSA) is 107 Å². The van der Waals surface area contributed by atoms with Crippen molar-refractivity contribution in [1.82, 2.24) is 5.32 Å². The number of allylic oxidation sites excluding steroid dienone is 4. The molecule has 0 bridgehead atoms. The Morgan fingerprint density at radius 2 is 1.81 bits per heavy atom. The molecule has 1 unspecified atom stereocenters. The third kappa shape index (κ3) is 8.48. The van der Waals surface area contributed by atoms with Gasteiger partial charge in [-0.3, -0.25) is 9.59 Å². The number of carboxylic acid groups (broad SMARTS) is 1. The molecule has 0 aromatic heterocycles. The van der Waals surface area contributed by atoms with Crippen LogP contribution in [0.4, 0.5) is 0 Å². The first-order chi connectivity index (χ1) is 14.6. The van der Waals surface area contributed by atoms with Gasteiger partial charge >= 0.3 is 5.97 Å². The Balaban J connectivity index is 3.23. The summed E-state index contributed by atoms with van der Waals surface area (Å²) >= 11 is 0. The van der Waals surface area contributed by atoms with E-state index in [1.807, 2.05) is 13.0 Å². The van der Waals surface area contributed by atoms with E-state index in [0.29, 0.717) is 12.0 Å². The minimum absolute atomic E-state index is 0.0487. The second-order valence-corrected chi connectivity index (χ2v) is 8.32. The predicted molar refractivity (Wildman–Crippen MR) is 124 cm³/mol. The molecule has 6 nitrogen and oxygen atoms in total. The van der Waals surface area contributed by atoms with E-state index in [1.165, 1.54) is 18.6 Å². The normalized spacial score (nSPS) is 12.4. The van der Waals surface area contributed by atoms with Crippen molar-refractivity contribution in [2.75, 3.05) is 0 Å². The number of phenolic OH excluding ortho intramolecular Hbond substituents is 2. The van der Waals surface area contributed by atoms with Gasteiger partial charge in [-0.15, -0.1) is 0 Å². The second-order valence-electron chi connectivity index (χ2n) is 8.32. The van der Waals surface area contributed by atoms with Crippen molar-refractivity contribution >= 4 is 11.9 Å². The molecule has 172 valence electrons. The Morgan fingerprint density at radius 1 is 1.13 bits per heavy atom. The van der Waals surface area contributed by atoms with Gasteiger partial charge in [0, 0.05) is 5.56 Å². The van der Waals surface area contributed by atoms with Gasteiger partial charge in [-0.25, -0.2) is 0 Å². The van der Waals surface area contributed by atoms with Crippen molar-refractivity contribution in [3.63, 3.8) is 0 Å². The molecule has 0 aliphatic heterocycles. The fourth-order valence-corrected chi connectivity index (χ4v) is 3.26. The lowest BCUT2D eigenvalue weighted by Gasteiger charge is -2.17. The number of carbonyl (C=O) groups excluding carboxylic acids is 1. The Bertz CT molecular complexity index is 835. The highest BCUT2D eigenvalue weighted by Crippen LogP contribution is 2.35. The van der Waals surface area contributed by atoms with Crippen LogP contribution in [0.15, 0.2) is 29.4 Å². The molecule has 0 saturated heterocycles. The second kappa shape index (κ2) is 12.8. The van der Waals surface area contributed by atoms with Gasteiger partial charge in [0.25, 0.3) is 5.91 Å². The van der Waals surface area contributed by atoms with Crippen molar-refractivity contribution in [1.29, 1.82) is 0 Å². The van der Waals surface area contributed by atoms with Crippen molar-refractivity contribution < 1.29 is 24.9 Å². The summed E-state index contributed by atoms with van der Waals surface area (Å²) in [5.74, 6) is -2.14. The lowest BCUT2D eigenvalue weighted by molar-refractivity contribution is -0.138. The minimum Gasteiger partial charge on any atom is -0.508 e. The molecular weight excluding hydrogens is 394 g/mol. The van der Waals surface area contributed by atoms with Crippen LogP contribution in [0.5, 0.6) is 11.5 Å². The summed E-state index contributed by atoms with van der Waals surface area (Å²) in [5, 5.41) is 33.0. The summed E-state index contributed by atoms with van der Waals surface area (Å²) in [5.41, 5.74) is 3.22. The van der Waals surface area contributed by atoms with Gasteiger partial charge in [-0.2, -0.15) is 0 Å². The van der Waals surface area contributed by atoms with Crippen LogP contribution in [-0.2, 0) is 17.6 Å². The molecular formula is C25H37NO5. The lowest BCUT2D eigenvalue weighted by Crippen LogP contribution is -2.38. The van der Waals surface area contributed by atoms with Gasteiger partial charge in [0.1, 0.15) is 17.5 Å². The summed E-state index contributed by atoms with van der Waals surface area (Å²) in [4.78, 5) is 23.9. The SMILES string of the molecule is CCCCCc1cc(O)c(CC=C(C)CCC=C(C)C)c(O)c1C(=O)NC(C)C(=O)O. The van der Waals surface area contributed by atoms with Crippen LogP contribution >= 0.6 is 0 Å². The minimum atomic E-state index is -1.16. The van der Waals surface area contributed by atoms with Crippen molar-refractivity contribution in [2.45, 2.75) is 85.6 Å². The van der Waals surface area contributed by atoms with E-state index in [4.69, 9.17) is 5.11 Å². The third-order valence-corrected chi connectivity index (χ3v) is 5.20. The van der Waals surface area contributed by atoms with E-state index in [9.17, 15) is 19.8 Å². The molecule has 1 amide bonds. The third-order valence-electron chi connectivity index (χ3n) is 5.20. The number of carboxylic acids is 1. The Hall–Kier alpha value is -2.76. The number of nitrogens with one attached hydrogen (secondary N) is 1. The largest absolute Gasteiger partial charge is 0.508 e. The number of rotatable bonds is 12. The van der Waals surface area contributed by atoms with E-state index in [2.05, 4.69) is 32.2 Å². The summed E-state index contributed by atoms with van der Waals surface area (Å²) in [6.45, 7) is 9.53. The molecule has 0 radical (unpaired) electrons. The molecule has 0 fully saturated rings. The zero-order valence-corrected chi connectivity index (χ0v) is 19.4. The van der Waals surface area contributed by atoms with Crippen molar-refractivity contribution in [3.8, 4) is 11.5 Å². The highest BCUT2D eigenvalue weighted by molar-refractivity contribution is 6.00. The lowest BCUT2D eigenvalue weighted by atomic mass is 9.94. The van der Waals surface area contributed by atoms with Crippen LogP contribution < -0.4 is 5.32 Å². The summed E-state index contributed by atoms with van der Waals surface area (Å²) in [7, 11) is 0. The van der Waals surface area contributed by atoms with Crippen LogP contribution in [0, 0.1) is 0 Å². The molecule has 1 aromatic rings. The first-order valence-electron chi connectivity index (χ1n) is 11.0. The summed E-state index contributed by atoms with van der Waals surface area (Å²) in [6.07, 6.45) is 9.40. The number of unbranched alkanes of at least 4 members (excludes halogenated alkanes) is 2. The maximum absolute atomic E-state index is 12.8. The number of benzene rings is 1. The van der Waals surface area contributed by atoms with E-state index < -0.39 is 17.9 Å². The highest BCUT2D eigenvalue weighted by Gasteiger charge is 2.24. The van der Waals surface area contributed by atoms with E-state index in [0.717, 1.165) is 37.7 Å². The Kier molecular flexibility index (Phi) is 10.9. The average molecular weight is 432 g/mol. The molecule has 6 heteroatoms. The fourth-order valence-electron chi connectivity index (χ4n) is 3.26. The summed E-state index contributed by atoms with van der Waals surface area (Å²) < 4.78 is 0. The number of aliphatic carboxylic acids is 1. The quantitative estimate of drug-likeness (QED) is 0.266. The van der Waals surface area contributed by atoms with Gasteiger partial charge in [0.15, 0.2) is 0 Å². The number of hydrogen-bond donors (Lipinski definition) is 4. The number of aryl methyl sites for hydroxylation is 1. The van der Waals surface area contributed by atoms with Gasteiger partial charge in [0.05, 0.1) is 5.56 Å². The van der Waals surface area contributed by atoms with Crippen LogP contribution in [0.3, 0.4) is 0 Å². The zero-order chi connectivity index (χ0) is 23.6. The standard InChI is InChI=1S/C25H37NO5/c1-6-7-8-12-19-15-21(27)20(14-13-17(4)11-9-10-16(2)3)23(28)22(19)24(29)26-18(5)25(30)31/h10,13,15,18,27-28H,6-9,11-12,14H2,1-5H3,(H,26,29)(H,30,31). The molecule has 4 N–H and O–H groups in total.